The van der Waals surface area contributed by atoms with Crippen LogP contribution in [0.3, 0.4) is 0 Å². The van der Waals surface area contributed by atoms with Crippen molar-refractivity contribution < 1.29 is 18.7 Å². The van der Waals surface area contributed by atoms with E-state index in [1.807, 2.05) is 0 Å². The van der Waals surface area contributed by atoms with Gasteiger partial charge in [0.15, 0.2) is 5.76 Å². The van der Waals surface area contributed by atoms with Crippen LogP contribution in [-0.2, 0) is 9.53 Å². The smallest absolute Gasteiger partial charge is 0.353 e. The van der Waals surface area contributed by atoms with Crippen LogP contribution < -0.4 is 5.43 Å². The summed E-state index contributed by atoms with van der Waals surface area (Å²) in [5.41, 5.74) is 2.21. The zero-order valence-electron chi connectivity index (χ0n) is 8.31. The lowest BCUT2D eigenvalue weighted by Crippen LogP contribution is -2.22. The minimum absolute atomic E-state index is 0.0532. The number of esters is 1. The summed E-state index contributed by atoms with van der Waals surface area (Å²) >= 11 is 0. The first-order valence-electron chi connectivity index (χ1n) is 4.11. The van der Waals surface area contributed by atoms with Gasteiger partial charge in [-0.1, -0.05) is 0 Å². The van der Waals surface area contributed by atoms with Gasteiger partial charge >= 0.3 is 11.9 Å². The molecule has 6 nitrogen and oxygen atoms in total. The number of hydrazone groups is 1. The summed E-state index contributed by atoms with van der Waals surface area (Å²) in [6.07, 6.45) is 1.37. The molecule has 80 valence electrons. The molecular weight excluding hydrogens is 200 g/mol. The van der Waals surface area contributed by atoms with Gasteiger partial charge < -0.3 is 9.15 Å². The Morgan fingerprint density at radius 3 is 2.80 bits per heavy atom. The first-order chi connectivity index (χ1) is 7.15. The highest BCUT2D eigenvalue weighted by molar-refractivity contribution is 6.35. The standard InChI is InChI=1S/C9H10N2O4/c1-6(9(13)14-2)10-11-8(12)7-4-3-5-15-7/h3-5H,1-2H3,(H,11,12). The molecule has 1 aromatic heterocycles. The fraction of sp³-hybridized carbons (Fsp3) is 0.222. The molecule has 0 radical (unpaired) electrons. The zero-order chi connectivity index (χ0) is 11.3. The third kappa shape index (κ3) is 2.94. The summed E-state index contributed by atoms with van der Waals surface area (Å²) in [6, 6.07) is 3.06. The van der Waals surface area contributed by atoms with Crippen molar-refractivity contribution in [1.82, 2.24) is 5.43 Å². The van der Waals surface area contributed by atoms with E-state index >= 15 is 0 Å². The fourth-order valence-corrected chi connectivity index (χ4v) is 0.791. The van der Waals surface area contributed by atoms with Gasteiger partial charge in [-0.3, -0.25) is 4.79 Å². The van der Waals surface area contributed by atoms with E-state index in [0.717, 1.165) is 0 Å². The maximum Gasteiger partial charge on any atom is 0.353 e. The molecule has 0 saturated heterocycles. The topological polar surface area (TPSA) is 80.9 Å². The van der Waals surface area contributed by atoms with Crippen LogP contribution in [0.2, 0.25) is 0 Å². The second-order valence-corrected chi connectivity index (χ2v) is 2.61. The molecule has 0 aromatic carbocycles. The van der Waals surface area contributed by atoms with Gasteiger partial charge in [0.1, 0.15) is 5.71 Å². The minimum atomic E-state index is -0.602. The third-order valence-corrected chi connectivity index (χ3v) is 1.55. The normalized spacial score (nSPS) is 10.9. The summed E-state index contributed by atoms with van der Waals surface area (Å²) in [7, 11) is 1.23. The molecule has 15 heavy (non-hydrogen) atoms. The lowest BCUT2D eigenvalue weighted by molar-refractivity contribution is -0.132. The van der Waals surface area contributed by atoms with Crippen molar-refractivity contribution in [3.05, 3.63) is 24.2 Å². The van der Waals surface area contributed by atoms with Crippen molar-refractivity contribution in [3.63, 3.8) is 0 Å². The predicted molar refractivity (Wildman–Crippen MR) is 51.3 cm³/mol. The molecule has 1 heterocycles. The maximum atomic E-state index is 11.3. The van der Waals surface area contributed by atoms with Crippen LogP contribution in [0.1, 0.15) is 17.5 Å². The van der Waals surface area contributed by atoms with Crippen molar-refractivity contribution in [1.29, 1.82) is 0 Å². The third-order valence-electron chi connectivity index (χ3n) is 1.55. The fourth-order valence-electron chi connectivity index (χ4n) is 0.791. The number of rotatable bonds is 3. The molecule has 0 atom stereocenters. The predicted octanol–water partition coefficient (Wildman–Crippen LogP) is 0.558. The average Bonchev–Trinajstić information content (AvgIpc) is 2.77. The Kier molecular flexibility index (Phi) is 3.61. The molecule has 1 aromatic rings. The van der Waals surface area contributed by atoms with E-state index in [1.54, 1.807) is 6.07 Å². The van der Waals surface area contributed by atoms with Crippen molar-refractivity contribution in [3.8, 4) is 0 Å². The molecule has 1 amide bonds. The van der Waals surface area contributed by atoms with E-state index in [4.69, 9.17) is 4.42 Å². The Labute approximate surface area is 85.9 Å². The highest BCUT2D eigenvalue weighted by atomic mass is 16.5. The second kappa shape index (κ2) is 4.94. The van der Waals surface area contributed by atoms with Crippen LogP contribution in [0.5, 0.6) is 0 Å². The molecule has 1 rings (SSSR count). The molecule has 0 aliphatic rings. The van der Waals surface area contributed by atoms with Crippen molar-refractivity contribution in [2.75, 3.05) is 7.11 Å². The van der Waals surface area contributed by atoms with Gasteiger partial charge in [0.05, 0.1) is 13.4 Å². The van der Waals surface area contributed by atoms with Crippen LogP contribution in [-0.4, -0.2) is 24.7 Å². The van der Waals surface area contributed by atoms with Gasteiger partial charge in [0, 0.05) is 0 Å². The second-order valence-electron chi connectivity index (χ2n) is 2.61. The molecule has 0 spiro atoms. The summed E-state index contributed by atoms with van der Waals surface area (Å²) in [6.45, 7) is 1.42. The SMILES string of the molecule is COC(=O)C(C)=NNC(=O)c1ccco1. The Morgan fingerprint density at radius 2 is 2.27 bits per heavy atom. The van der Waals surface area contributed by atoms with Gasteiger partial charge in [-0.2, -0.15) is 5.10 Å². The molecular formula is C9H10N2O4. The van der Waals surface area contributed by atoms with Crippen molar-refractivity contribution in [2.24, 2.45) is 5.10 Å². The number of ether oxygens (including phenoxy) is 1. The Morgan fingerprint density at radius 1 is 1.53 bits per heavy atom. The number of methoxy groups -OCH3 is 1. The molecule has 6 heteroatoms. The van der Waals surface area contributed by atoms with Gasteiger partial charge in [-0.25, -0.2) is 10.2 Å². The van der Waals surface area contributed by atoms with Crippen LogP contribution in [0.15, 0.2) is 27.9 Å². The van der Waals surface area contributed by atoms with Gasteiger partial charge in [0.25, 0.3) is 0 Å². The summed E-state index contributed by atoms with van der Waals surface area (Å²) < 4.78 is 9.21. The van der Waals surface area contributed by atoms with Crippen molar-refractivity contribution in [2.45, 2.75) is 6.92 Å². The molecule has 0 bridgehead atoms. The number of nitrogens with one attached hydrogen (secondary N) is 1. The highest BCUT2D eigenvalue weighted by Gasteiger charge is 2.09. The Hall–Kier alpha value is -2.11. The Balaban J connectivity index is 2.57. The number of carbonyl (C=O) groups excluding carboxylic acids is 2. The largest absolute Gasteiger partial charge is 0.464 e. The van der Waals surface area contributed by atoms with E-state index in [1.165, 1.54) is 26.4 Å². The van der Waals surface area contributed by atoms with Crippen LogP contribution in [0.25, 0.3) is 0 Å². The average molecular weight is 210 g/mol. The monoisotopic (exact) mass is 210 g/mol. The van der Waals surface area contributed by atoms with Crippen LogP contribution in [0, 0.1) is 0 Å². The van der Waals surface area contributed by atoms with E-state index in [-0.39, 0.29) is 11.5 Å². The van der Waals surface area contributed by atoms with Gasteiger partial charge in [-0.15, -0.1) is 0 Å². The Bertz CT molecular complexity index is 381. The number of amides is 1. The molecule has 0 fully saturated rings. The van der Waals surface area contributed by atoms with Gasteiger partial charge in [0.2, 0.25) is 0 Å². The van der Waals surface area contributed by atoms with E-state index in [2.05, 4.69) is 15.3 Å². The summed E-state index contributed by atoms with van der Waals surface area (Å²) in [5.74, 6) is -1.01. The van der Waals surface area contributed by atoms with Crippen LogP contribution in [0.4, 0.5) is 0 Å². The minimum Gasteiger partial charge on any atom is -0.464 e. The number of nitrogens with zero attached hydrogens (tertiary/aromatic N) is 1. The maximum absolute atomic E-state index is 11.3. The number of hydrogen-bond donors (Lipinski definition) is 1. The van der Waals surface area contributed by atoms with E-state index in [9.17, 15) is 9.59 Å². The molecule has 0 unspecified atom stereocenters. The van der Waals surface area contributed by atoms with E-state index < -0.39 is 11.9 Å². The quantitative estimate of drug-likeness (QED) is 0.449. The molecule has 0 saturated carbocycles. The first kappa shape index (κ1) is 11.0. The zero-order valence-corrected chi connectivity index (χ0v) is 8.31. The van der Waals surface area contributed by atoms with Crippen molar-refractivity contribution >= 4 is 17.6 Å². The number of carbonyl (C=O) groups is 2. The number of furan rings is 1. The molecule has 1 N–H and O–H groups in total. The van der Waals surface area contributed by atoms with Gasteiger partial charge in [-0.05, 0) is 19.1 Å². The van der Waals surface area contributed by atoms with E-state index in [0.29, 0.717) is 0 Å². The summed E-state index contributed by atoms with van der Waals surface area (Å²) in [5, 5.41) is 3.53. The molecule has 0 aliphatic heterocycles. The molecule has 0 aliphatic carbocycles. The highest BCUT2D eigenvalue weighted by Crippen LogP contribution is 1.98. The summed E-state index contributed by atoms with van der Waals surface area (Å²) in [4.78, 5) is 22.1. The lowest BCUT2D eigenvalue weighted by Gasteiger charge is -1.98. The van der Waals surface area contributed by atoms with Crippen LogP contribution >= 0.6 is 0 Å². The first-order valence-corrected chi connectivity index (χ1v) is 4.11. The lowest BCUT2D eigenvalue weighted by atomic mass is 10.4. The number of hydrogen-bond acceptors (Lipinski definition) is 5.